The molecular weight excluding hydrogens is 229 g/mol. The van der Waals surface area contributed by atoms with Crippen molar-refractivity contribution in [2.45, 2.75) is 32.4 Å². The molecule has 0 spiro atoms. The van der Waals surface area contributed by atoms with Gasteiger partial charge in [-0.15, -0.1) is 0 Å². The number of halogens is 2. The number of aliphatic hydroxyl groups is 1. The van der Waals surface area contributed by atoms with E-state index in [1.807, 2.05) is 13.8 Å². The van der Waals surface area contributed by atoms with Gasteiger partial charge in [-0.3, -0.25) is 0 Å². The van der Waals surface area contributed by atoms with Gasteiger partial charge in [0, 0.05) is 29.6 Å². The topological polar surface area (TPSA) is 32.3 Å². The monoisotopic (exact) mass is 245 g/mol. The third-order valence-corrected chi connectivity index (χ3v) is 2.62. The summed E-state index contributed by atoms with van der Waals surface area (Å²) in [5, 5.41) is 13.2. The molecule has 1 rings (SSSR count). The average molecular weight is 246 g/mol. The number of benzene rings is 1. The Morgan fingerprint density at radius 3 is 2.69 bits per heavy atom. The second-order valence-corrected chi connectivity index (χ2v) is 4.53. The second-order valence-electron chi connectivity index (χ2n) is 4.12. The van der Waals surface area contributed by atoms with E-state index in [9.17, 15) is 9.50 Å². The fraction of sp³-hybridized carbons (Fsp3) is 0.500. The van der Waals surface area contributed by atoms with Crippen LogP contribution in [-0.2, 0) is 6.42 Å². The van der Waals surface area contributed by atoms with Crippen molar-refractivity contribution in [1.82, 2.24) is 5.32 Å². The molecule has 0 aliphatic heterocycles. The van der Waals surface area contributed by atoms with Gasteiger partial charge in [-0.05, 0) is 12.1 Å². The zero-order valence-corrected chi connectivity index (χ0v) is 10.3. The van der Waals surface area contributed by atoms with Gasteiger partial charge in [-0.25, -0.2) is 4.39 Å². The van der Waals surface area contributed by atoms with Gasteiger partial charge in [-0.2, -0.15) is 0 Å². The molecule has 90 valence electrons. The van der Waals surface area contributed by atoms with E-state index >= 15 is 0 Å². The highest BCUT2D eigenvalue weighted by atomic mass is 35.5. The molecule has 1 aromatic carbocycles. The highest BCUT2D eigenvalue weighted by Gasteiger charge is 2.12. The molecule has 2 nitrogen and oxygen atoms in total. The molecule has 2 N–H and O–H groups in total. The zero-order valence-electron chi connectivity index (χ0n) is 9.50. The van der Waals surface area contributed by atoms with E-state index in [1.54, 1.807) is 12.1 Å². The van der Waals surface area contributed by atoms with Crippen LogP contribution in [0.3, 0.4) is 0 Å². The van der Waals surface area contributed by atoms with Crippen molar-refractivity contribution in [2.75, 3.05) is 6.54 Å². The van der Waals surface area contributed by atoms with Crippen molar-refractivity contribution >= 4 is 11.6 Å². The Bertz CT molecular complexity index is 324. The number of rotatable bonds is 5. The number of aliphatic hydroxyl groups excluding tert-OH is 1. The molecule has 0 aliphatic rings. The van der Waals surface area contributed by atoms with Crippen molar-refractivity contribution in [3.63, 3.8) is 0 Å². The summed E-state index contributed by atoms with van der Waals surface area (Å²) in [4.78, 5) is 0. The van der Waals surface area contributed by atoms with Crippen molar-refractivity contribution in [3.8, 4) is 0 Å². The lowest BCUT2D eigenvalue weighted by Gasteiger charge is -2.15. The predicted octanol–water partition coefficient (Wildman–Crippen LogP) is 2.38. The Hall–Kier alpha value is -0.640. The van der Waals surface area contributed by atoms with Gasteiger partial charge in [0.25, 0.3) is 0 Å². The maximum atomic E-state index is 13.4. The van der Waals surface area contributed by atoms with Gasteiger partial charge >= 0.3 is 0 Å². The summed E-state index contributed by atoms with van der Waals surface area (Å²) in [5.41, 5.74) is 0.377. The smallest absolute Gasteiger partial charge is 0.127 e. The summed E-state index contributed by atoms with van der Waals surface area (Å²) in [6.45, 7) is 4.41. The van der Waals surface area contributed by atoms with Crippen LogP contribution in [0.2, 0.25) is 5.02 Å². The van der Waals surface area contributed by atoms with E-state index in [-0.39, 0.29) is 12.2 Å². The van der Waals surface area contributed by atoms with Crippen LogP contribution in [0, 0.1) is 5.82 Å². The lowest BCUT2D eigenvalue weighted by atomic mass is 10.1. The van der Waals surface area contributed by atoms with E-state index in [2.05, 4.69) is 5.32 Å². The summed E-state index contributed by atoms with van der Waals surface area (Å²) < 4.78 is 13.4. The largest absolute Gasteiger partial charge is 0.391 e. The molecule has 0 aromatic heterocycles. The Kier molecular flexibility index (Phi) is 5.19. The molecule has 0 saturated carbocycles. The van der Waals surface area contributed by atoms with Crippen LogP contribution in [0.25, 0.3) is 0 Å². The molecule has 1 unspecified atom stereocenters. The number of nitrogens with one attached hydrogen (secondary N) is 1. The molecule has 1 aromatic rings. The number of hydrogen-bond acceptors (Lipinski definition) is 2. The Balaban J connectivity index is 2.59. The predicted molar refractivity (Wildman–Crippen MR) is 64.3 cm³/mol. The highest BCUT2D eigenvalue weighted by Crippen LogP contribution is 2.20. The first-order valence-corrected chi connectivity index (χ1v) is 5.73. The van der Waals surface area contributed by atoms with Crippen LogP contribution in [0.15, 0.2) is 18.2 Å². The van der Waals surface area contributed by atoms with Crippen LogP contribution in [0.5, 0.6) is 0 Å². The molecule has 0 radical (unpaired) electrons. The number of hydrogen-bond donors (Lipinski definition) is 2. The molecule has 0 heterocycles. The first kappa shape index (κ1) is 13.4. The van der Waals surface area contributed by atoms with Crippen LogP contribution in [0.1, 0.15) is 19.4 Å². The van der Waals surface area contributed by atoms with E-state index in [4.69, 9.17) is 11.6 Å². The molecule has 0 bridgehead atoms. The van der Waals surface area contributed by atoms with Crippen molar-refractivity contribution in [3.05, 3.63) is 34.6 Å². The quantitative estimate of drug-likeness (QED) is 0.835. The van der Waals surface area contributed by atoms with Crippen molar-refractivity contribution in [2.24, 2.45) is 0 Å². The minimum Gasteiger partial charge on any atom is -0.391 e. The van der Waals surface area contributed by atoms with Crippen LogP contribution >= 0.6 is 11.6 Å². The van der Waals surface area contributed by atoms with Gasteiger partial charge in [0.15, 0.2) is 0 Å². The standard InChI is InChI=1S/C12H17ClFNO/c1-8(2)15-7-9(16)6-10-11(13)4-3-5-12(10)14/h3-5,8-9,15-16H,6-7H2,1-2H3. The van der Waals surface area contributed by atoms with E-state index in [0.717, 1.165) is 0 Å². The van der Waals surface area contributed by atoms with E-state index in [1.165, 1.54) is 6.07 Å². The molecule has 0 aliphatic carbocycles. The summed E-state index contributed by atoms with van der Waals surface area (Å²) in [7, 11) is 0. The fourth-order valence-electron chi connectivity index (χ4n) is 1.41. The Labute approximate surface area is 100 Å². The normalized spacial score (nSPS) is 13.1. The third kappa shape index (κ3) is 4.08. The average Bonchev–Trinajstić information content (AvgIpc) is 2.21. The minimum absolute atomic E-state index is 0.227. The first-order valence-electron chi connectivity index (χ1n) is 5.35. The molecule has 0 fully saturated rings. The van der Waals surface area contributed by atoms with Crippen LogP contribution < -0.4 is 5.32 Å². The lowest BCUT2D eigenvalue weighted by Crippen LogP contribution is -2.33. The molecular formula is C12H17ClFNO. The van der Waals surface area contributed by atoms with Crippen LogP contribution in [-0.4, -0.2) is 23.8 Å². The van der Waals surface area contributed by atoms with E-state index < -0.39 is 6.10 Å². The highest BCUT2D eigenvalue weighted by molar-refractivity contribution is 6.31. The Morgan fingerprint density at radius 1 is 1.44 bits per heavy atom. The van der Waals surface area contributed by atoms with Gasteiger partial charge in [0.2, 0.25) is 0 Å². The molecule has 0 amide bonds. The molecule has 4 heteroatoms. The first-order chi connectivity index (χ1) is 7.50. The van der Waals surface area contributed by atoms with Gasteiger partial charge in [0.05, 0.1) is 6.10 Å². The van der Waals surface area contributed by atoms with Crippen LogP contribution in [0.4, 0.5) is 4.39 Å². The van der Waals surface area contributed by atoms with Gasteiger partial charge in [-0.1, -0.05) is 31.5 Å². The van der Waals surface area contributed by atoms with Gasteiger partial charge in [0.1, 0.15) is 5.82 Å². The van der Waals surface area contributed by atoms with Crippen molar-refractivity contribution < 1.29 is 9.50 Å². The Morgan fingerprint density at radius 2 is 2.12 bits per heavy atom. The molecule has 1 atom stereocenters. The fourth-order valence-corrected chi connectivity index (χ4v) is 1.65. The summed E-state index contributed by atoms with van der Waals surface area (Å²) in [5.74, 6) is -0.365. The zero-order chi connectivity index (χ0) is 12.1. The second kappa shape index (κ2) is 6.18. The summed E-state index contributed by atoms with van der Waals surface area (Å²) >= 11 is 5.86. The van der Waals surface area contributed by atoms with E-state index in [0.29, 0.717) is 23.2 Å². The molecule has 0 saturated heterocycles. The minimum atomic E-state index is -0.628. The SMILES string of the molecule is CC(C)NCC(O)Cc1c(F)cccc1Cl. The summed E-state index contributed by atoms with van der Waals surface area (Å²) in [6, 6.07) is 4.83. The lowest BCUT2D eigenvalue weighted by molar-refractivity contribution is 0.168. The summed E-state index contributed by atoms with van der Waals surface area (Å²) in [6.07, 6.45) is -0.401. The maximum Gasteiger partial charge on any atom is 0.127 e. The molecule has 16 heavy (non-hydrogen) atoms. The van der Waals surface area contributed by atoms with Crippen molar-refractivity contribution in [1.29, 1.82) is 0 Å². The third-order valence-electron chi connectivity index (χ3n) is 2.26. The maximum absolute atomic E-state index is 13.4. The van der Waals surface area contributed by atoms with Gasteiger partial charge < -0.3 is 10.4 Å².